The van der Waals surface area contributed by atoms with Gasteiger partial charge in [0.1, 0.15) is 6.61 Å². The van der Waals surface area contributed by atoms with Gasteiger partial charge in [-0.15, -0.1) is 0 Å². The molecule has 0 radical (unpaired) electrons. The molecule has 2 fully saturated rings. The van der Waals surface area contributed by atoms with Crippen molar-refractivity contribution in [1.29, 1.82) is 0 Å². The van der Waals surface area contributed by atoms with Crippen LogP contribution in [0.1, 0.15) is 19.8 Å². The highest BCUT2D eigenvalue weighted by Gasteiger charge is 2.55. The molecule has 5 nitrogen and oxygen atoms in total. The SMILES string of the molecule is CC1(C(=O)O)COC(=O)N1C1CC1. The molecule has 1 saturated carbocycles. The Bertz CT molecular complexity index is 273. The molecule has 1 atom stereocenters. The van der Waals surface area contributed by atoms with Gasteiger partial charge in [-0.1, -0.05) is 0 Å². The van der Waals surface area contributed by atoms with Crippen LogP contribution in [0.25, 0.3) is 0 Å². The van der Waals surface area contributed by atoms with Crippen LogP contribution >= 0.6 is 0 Å². The number of rotatable bonds is 2. The summed E-state index contributed by atoms with van der Waals surface area (Å²) in [5.74, 6) is -0.995. The molecule has 1 saturated heterocycles. The lowest BCUT2D eigenvalue weighted by molar-refractivity contribution is -0.147. The van der Waals surface area contributed by atoms with E-state index in [1.54, 1.807) is 0 Å². The quantitative estimate of drug-likeness (QED) is 0.678. The normalized spacial score (nSPS) is 33.3. The fourth-order valence-electron chi connectivity index (χ4n) is 1.59. The minimum Gasteiger partial charge on any atom is -0.479 e. The summed E-state index contributed by atoms with van der Waals surface area (Å²) in [4.78, 5) is 23.5. The molecule has 1 amide bonds. The molecule has 0 aromatic carbocycles. The van der Waals surface area contributed by atoms with E-state index in [1.807, 2.05) is 0 Å². The Kier molecular flexibility index (Phi) is 1.52. The number of carboxylic acid groups (broad SMARTS) is 1. The van der Waals surface area contributed by atoms with Crippen LogP contribution in [-0.2, 0) is 9.53 Å². The summed E-state index contributed by atoms with van der Waals surface area (Å²) in [6.07, 6.45) is 1.28. The number of aliphatic carboxylic acids is 1. The van der Waals surface area contributed by atoms with Crippen molar-refractivity contribution in [3.8, 4) is 0 Å². The molecule has 1 aliphatic carbocycles. The van der Waals surface area contributed by atoms with Gasteiger partial charge in [0.2, 0.25) is 0 Å². The van der Waals surface area contributed by atoms with Crippen LogP contribution in [0.15, 0.2) is 0 Å². The van der Waals surface area contributed by atoms with E-state index >= 15 is 0 Å². The molecule has 0 bridgehead atoms. The van der Waals surface area contributed by atoms with Crippen LogP contribution < -0.4 is 0 Å². The van der Waals surface area contributed by atoms with Crippen molar-refractivity contribution in [2.45, 2.75) is 31.3 Å². The average Bonchev–Trinajstić information content (AvgIpc) is 2.81. The second-order valence-electron chi connectivity index (χ2n) is 3.73. The third-order valence-electron chi connectivity index (χ3n) is 2.58. The van der Waals surface area contributed by atoms with Crippen molar-refractivity contribution >= 4 is 12.1 Å². The highest BCUT2D eigenvalue weighted by molar-refractivity contribution is 5.87. The number of amides is 1. The second-order valence-corrected chi connectivity index (χ2v) is 3.73. The minimum absolute atomic E-state index is 0.0440. The van der Waals surface area contributed by atoms with Crippen LogP contribution in [0.3, 0.4) is 0 Å². The first-order valence-electron chi connectivity index (χ1n) is 4.25. The molecule has 2 aliphatic rings. The van der Waals surface area contributed by atoms with Gasteiger partial charge in [-0.3, -0.25) is 4.90 Å². The van der Waals surface area contributed by atoms with E-state index in [1.165, 1.54) is 11.8 Å². The van der Waals surface area contributed by atoms with E-state index in [0.717, 1.165) is 12.8 Å². The Morgan fingerprint density at radius 1 is 1.69 bits per heavy atom. The van der Waals surface area contributed by atoms with Crippen molar-refractivity contribution in [2.75, 3.05) is 6.61 Å². The van der Waals surface area contributed by atoms with Gasteiger partial charge in [-0.2, -0.15) is 0 Å². The van der Waals surface area contributed by atoms with E-state index in [-0.39, 0.29) is 12.6 Å². The zero-order valence-corrected chi connectivity index (χ0v) is 7.32. The Morgan fingerprint density at radius 3 is 2.77 bits per heavy atom. The molecule has 1 heterocycles. The third kappa shape index (κ3) is 1.07. The number of hydrogen-bond donors (Lipinski definition) is 1. The molecular formula is C8H11NO4. The predicted octanol–water partition coefficient (Wildman–Crippen LogP) is 0.444. The number of carbonyl (C=O) groups excluding carboxylic acids is 1. The van der Waals surface area contributed by atoms with Crippen molar-refractivity contribution < 1.29 is 19.4 Å². The van der Waals surface area contributed by atoms with Gasteiger partial charge >= 0.3 is 12.1 Å². The Labute approximate surface area is 75.3 Å². The van der Waals surface area contributed by atoms with Crippen LogP contribution in [0.5, 0.6) is 0 Å². The standard InChI is InChI=1S/C8H11NO4/c1-8(6(10)11)4-13-7(12)9(8)5-2-3-5/h5H,2-4H2,1H3,(H,10,11). The Morgan fingerprint density at radius 2 is 2.31 bits per heavy atom. The van der Waals surface area contributed by atoms with Gasteiger partial charge in [0.25, 0.3) is 0 Å². The smallest absolute Gasteiger partial charge is 0.411 e. The average molecular weight is 185 g/mol. The number of hydrogen-bond acceptors (Lipinski definition) is 3. The van der Waals surface area contributed by atoms with Gasteiger partial charge in [-0.05, 0) is 19.8 Å². The summed E-state index contributed by atoms with van der Waals surface area (Å²) in [6, 6.07) is 0.0797. The lowest BCUT2D eigenvalue weighted by atomic mass is 10.0. The highest BCUT2D eigenvalue weighted by Crippen LogP contribution is 2.37. The fraction of sp³-hybridized carbons (Fsp3) is 0.750. The number of cyclic esters (lactones) is 1. The van der Waals surface area contributed by atoms with E-state index in [2.05, 4.69) is 0 Å². The summed E-state index contributed by atoms with van der Waals surface area (Å²) in [7, 11) is 0. The molecule has 13 heavy (non-hydrogen) atoms. The maximum Gasteiger partial charge on any atom is 0.411 e. The molecule has 1 aliphatic heterocycles. The van der Waals surface area contributed by atoms with Crippen LogP contribution in [0, 0.1) is 0 Å². The van der Waals surface area contributed by atoms with Crippen LogP contribution in [0.4, 0.5) is 4.79 Å². The number of carbonyl (C=O) groups is 2. The zero-order chi connectivity index (χ0) is 9.64. The van der Waals surface area contributed by atoms with Crippen molar-refractivity contribution in [3.05, 3.63) is 0 Å². The van der Waals surface area contributed by atoms with Crippen molar-refractivity contribution in [1.82, 2.24) is 4.90 Å². The number of carboxylic acids is 1. The summed E-state index contributed by atoms with van der Waals surface area (Å²) in [5, 5.41) is 8.96. The summed E-state index contributed by atoms with van der Waals surface area (Å²) in [5.41, 5.74) is -1.15. The molecule has 0 spiro atoms. The van der Waals surface area contributed by atoms with Gasteiger partial charge in [0.05, 0.1) is 0 Å². The summed E-state index contributed by atoms with van der Waals surface area (Å²) in [6.45, 7) is 1.48. The second kappa shape index (κ2) is 2.37. The number of ether oxygens (including phenoxy) is 1. The molecule has 0 aromatic rings. The monoisotopic (exact) mass is 185 g/mol. The summed E-state index contributed by atoms with van der Waals surface area (Å²) >= 11 is 0. The van der Waals surface area contributed by atoms with Crippen LogP contribution in [0.2, 0.25) is 0 Å². The molecule has 0 aromatic heterocycles. The summed E-state index contributed by atoms with van der Waals surface area (Å²) < 4.78 is 4.75. The molecule has 1 unspecified atom stereocenters. The van der Waals surface area contributed by atoms with Crippen molar-refractivity contribution in [3.63, 3.8) is 0 Å². The Hall–Kier alpha value is -1.26. The van der Waals surface area contributed by atoms with Gasteiger partial charge in [0.15, 0.2) is 5.54 Å². The molecule has 72 valence electrons. The largest absolute Gasteiger partial charge is 0.479 e. The van der Waals surface area contributed by atoms with Gasteiger partial charge in [-0.25, -0.2) is 9.59 Å². The number of nitrogens with zero attached hydrogens (tertiary/aromatic N) is 1. The van der Waals surface area contributed by atoms with Gasteiger partial charge in [0, 0.05) is 6.04 Å². The zero-order valence-electron chi connectivity index (χ0n) is 7.32. The molecule has 1 N–H and O–H groups in total. The lowest BCUT2D eigenvalue weighted by Crippen LogP contribution is -2.52. The molecule has 5 heteroatoms. The lowest BCUT2D eigenvalue weighted by Gasteiger charge is -2.27. The maximum atomic E-state index is 11.2. The van der Waals surface area contributed by atoms with E-state index in [9.17, 15) is 9.59 Å². The third-order valence-corrected chi connectivity index (χ3v) is 2.58. The Balaban J connectivity index is 2.27. The van der Waals surface area contributed by atoms with E-state index in [0.29, 0.717) is 0 Å². The fourth-order valence-corrected chi connectivity index (χ4v) is 1.59. The molecular weight excluding hydrogens is 174 g/mol. The predicted molar refractivity (Wildman–Crippen MR) is 42.2 cm³/mol. The topological polar surface area (TPSA) is 66.8 Å². The minimum atomic E-state index is -1.15. The first-order valence-corrected chi connectivity index (χ1v) is 4.25. The first-order chi connectivity index (χ1) is 6.05. The van der Waals surface area contributed by atoms with E-state index in [4.69, 9.17) is 9.84 Å². The molecule has 2 rings (SSSR count). The van der Waals surface area contributed by atoms with Crippen LogP contribution in [-0.4, -0.2) is 40.3 Å². The maximum absolute atomic E-state index is 11.2. The first kappa shape index (κ1) is 8.34. The van der Waals surface area contributed by atoms with E-state index < -0.39 is 17.6 Å². The highest BCUT2D eigenvalue weighted by atomic mass is 16.6. The van der Waals surface area contributed by atoms with Gasteiger partial charge < -0.3 is 9.84 Å². The van der Waals surface area contributed by atoms with Crippen molar-refractivity contribution in [2.24, 2.45) is 0 Å².